The molecule has 0 bridgehead atoms. The minimum absolute atomic E-state index is 0.108. The first-order valence-electron chi connectivity index (χ1n) is 6.37. The zero-order chi connectivity index (χ0) is 14.7. The monoisotopic (exact) mass is 338 g/mol. The van der Waals surface area contributed by atoms with Crippen LogP contribution in [0.1, 0.15) is 31.1 Å². The van der Waals surface area contributed by atoms with E-state index in [2.05, 4.69) is 15.9 Å². The maximum absolute atomic E-state index is 13.1. The van der Waals surface area contributed by atoms with Crippen LogP contribution in [-0.2, 0) is 0 Å². The topological polar surface area (TPSA) is 29.5 Å². The molecule has 2 nitrogen and oxygen atoms in total. The molecule has 1 N–H and O–H groups in total. The van der Waals surface area contributed by atoms with Crippen LogP contribution in [0.3, 0.4) is 0 Å². The van der Waals surface area contributed by atoms with Crippen molar-refractivity contribution in [1.29, 1.82) is 0 Å². The Morgan fingerprint density at radius 2 is 1.75 bits per heavy atom. The molecule has 0 aliphatic rings. The third-order valence-electron chi connectivity index (χ3n) is 2.82. The summed E-state index contributed by atoms with van der Waals surface area (Å²) >= 11 is 3.27. The molecule has 0 aromatic heterocycles. The molecule has 106 valence electrons. The predicted molar refractivity (Wildman–Crippen MR) is 80.4 cm³/mol. The first-order chi connectivity index (χ1) is 9.47. The Hall–Kier alpha value is -1.39. The Bertz CT molecular complexity index is 582. The molecule has 1 unspecified atom stereocenters. The number of halogens is 2. The molecule has 2 aromatic carbocycles. The van der Waals surface area contributed by atoms with E-state index in [0.29, 0.717) is 10.0 Å². The summed E-state index contributed by atoms with van der Waals surface area (Å²) in [6.07, 6.45) is -0.699. The summed E-state index contributed by atoms with van der Waals surface area (Å²) in [4.78, 5) is 0. The Kier molecular flexibility index (Phi) is 4.78. The number of aliphatic hydroxyl groups excluding tert-OH is 1. The molecule has 0 spiro atoms. The maximum atomic E-state index is 13.1. The van der Waals surface area contributed by atoms with Gasteiger partial charge in [-0.15, -0.1) is 0 Å². The van der Waals surface area contributed by atoms with Gasteiger partial charge in [0.15, 0.2) is 0 Å². The zero-order valence-corrected chi connectivity index (χ0v) is 12.9. The first-order valence-corrected chi connectivity index (χ1v) is 7.16. The van der Waals surface area contributed by atoms with Crippen LogP contribution in [0.15, 0.2) is 46.9 Å². The fourth-order valence-corrected chi connectivity index (χ4v) is 2.47. The van der Waals surface area contributed by atoms with Gasteiger partial charge in [-0.25, -0.2) is 4.39 Å². The van der Waals surface area contributed by atoms with Gasteiger partial charge in [-0.2, -0.15) is 0 Å². The van der Waals surface area contributed by atoms with E-state index < -0.39 is 6.10 Å². The van der Waals surface area contributed by atoms with Gasteiger partial charge < -0.3 is 9.84 Å². The van der Waals surface area contributed by atoms with Crippen molar-refractivity contribution in [2.45, 2.75) is 26.1 Å². The van der Waals surface area contributed by atoms with Crippen LogP contribution in [-0.4, -0.2) is 11.2 Å². The highest BCUT2D eigenvalue weighted by atomic mass is 79.9. The second-order valence-electron chi connectivity index (χ2n) is 4.80. The summed E-state index contributed by atoms with van der Waals surface area (Å²) in [6, 6.07) is 11.5. The van der Waals surface area contributed by atoms with E-state index in [9.17, 15) is 9.50 Å². The van der Waals surface area contributed by atoms with Gasteiger partial charge in [0.05, 0.1) is 6.10 Å². The van der Waals surface area contributed by atoms with Crippen molar-refractivity contribution in [1.82, 2.24) is 0 Å². The van der Waals surface area contributed by atoms with Crippen LogP contribution in [0.4, 0.5) is 4.39 Å². The zero-order valence-electron chi connectivity index (χ0n) is 11.3. The number of ether oxygens (including phenoxy) is 1. The van der Waals surface area contributed by atoms with Crippen molar-refractivity contribution in [2.24, 2.45) is 0 Å². The van der Waals surface area contributed by atoms with Gasteiger partial charge in [-0.3, -0.25) is 0 Å². The largest absolute Gasteiger partial charge is 0.491 e. The lowest BCUT2D eigenvalue weighted by Gasteiger charge is -2.15. The standard InChI is InChI=1S/C16H16BrFO2/c1-10(2)20-13-6-3-11(4-7-13)16(19)14-8-5-12(18)9-15(14)17/h3-10,16,19H,1-2H3. The van der Waals surface area contributed by atoms with E-state index >= 15 is 0 Å². The molecule has 0 aliphatic carbocycles. The molecule has 4 heteroatoms. The molecule has 2 rings (SSSR count). The van der Waals surface area contributed by atoms with E-state index in [1.54, 1.807) is 18.2 Å². The molecule has 0 fully saturated rings. The van der Waals surface area contributed by atoms with Crippen molar-refractivity contribution >= 4 is 15.9 Å². The van der Waals surface area contributed by atoms with Gasteiger partial charge in [0, 0.05) is 4.47 Å². The van der Waals surface area contributed by atoms with Crippen LogP contribution in [0, 0.1) is 5.82 Å². The van der Waals surface area contributed by atoms with Crippen molar-refractivity contribution in [3.8, 4) is 5.75 Å². The molecule has 20 heavy (non-hydrogen) atoms. The van der Waals surface area contributed by atoms with Crippen LogP contribution >= 0.6 is 15.9 Å². The third-order valence-corrected chi connectivity index (χ3v) is 3.51. The normalized spacial score (nSPS) is 12.5. The van der Waals surface area contributed by atoms with E-state index in [0.717, 1.165) is 11.3 Å². The van der Waals surface area contributed by atoms with Crippen LogP contribution in [0.2, 0.25) is 0 Å². The van der Waals surface area contributed by atoms with E-state index in [1.807, 2.05) is 26.0 Å². The molecule has 0 saturated heterocycles. The molecular formula is C16H16BrFO2. The number of benzene rings is 2. The highest BCUT2D eigenvalue weighted by Crippen LogP contribution is 2.30. The Morgan fingerprint density at radius 3 is 2.30 bits per heavy atom. The van der Waals surface area contributed by atoms with Gasteiger partial charge >= 0.3 is 0 Å². The second-order valence-corrected chi connectivity index (χ2v) is 5.66. The van der Waals surface area contributed by atoms with Gasteiger partial charge in [0.25, 0.3) is 0 Å². The van der Waals surface area contributed by atoms with Gasteiger partial charge in [-0.05, 0) is 49.2 Å². The molecule has 0 amide bonds. The summed E-state index contributed by atoms with van der Waals surface area (Å²) in [5.74, 6) is 0.419. The third kappa shape index (κ3) is 3.58. The van der Waals surface area contributed by atoms with Crippen LogP contribution < -0.4 is 4.74 Å². The lowest BCUT2D eigenvalue weighted by atomic mass is 10.0. The predicted octanol–water partition coefficient (Wildman–Crippen LogP) is 4.46. The second kappa shape index (κ2) is 6.37. The summed E-state index contributed by atoms with van der Waals surface area (Å²) in [6.45, 7) is 3.91. The lowest BCUT2D eigenvalue weighted by molar-refractivity contribution is 0.218. The molecule has 0 radical (unpaired) electrons. The summed E-state index contributed by atoms with van der Waals surface area (Å²) in [5.41, 5.74) is 1.36. The Morgan fingerprint density at radius 1 is 1.10 bits per heavy atom. The number of hydrogen-bond donors (Lipinski definition) is 1. The van der Waals surface area contributed by atoms with Crippen molar-refractivity contribution in [3.63, 3.8) is 0 Å². The fraction of sp³-hybridized carbons (Fsp3) is 0.250. The van der Waals surface area contributed by atoms with E-state index in [4.69, 9.17) is 4.74 Å². The number of hydrogen-bond acceptors (Lipinski definition) is 2. The average Bonchev–Trinajstić information content (AvgIpc) is 2.38. The minimum atomic E-state index is -0.807. The van der Waals surface area contributed by atoms with Crippen molar-refractivity contribution in [3.05, 3.63) is 63.9 Å². The first kappa shape index (κ1) is 15.0. The Labute approximate surface area is 126 Å². The lowest BCUT2D eigenvalue weighted by Crippen LogP contribution is -2.06. The molecule has 2 aromatic rings. The number of aliphatic hydroxyl groups is 1. The summed E-state index contributed by atoms with van der Waals surface area (Å²) in [5, 5.41) is 10.3. The van der Waals surface area contributed by atoms with Crippen LogP contribution in [0.5, 0.6) is 5.75 Å². The SMILES string of the molecule is CC(C)Oc1ccc(C(O)c2ccc(F)cc2Br)cc1. The summed E-state index contributed by atoms with van der Waals surface area (Å²) < 4.78 is 19.2. The van der Waals surface area contributed by atoms with E-state index in [-0.39, 0.29) is 11.9 Å². The van der Waals surface area contributed by atoms with Gasteiger partial charge in [0.1, 0.15) is 17.7 Å². The quantitative estimate of drug-likeness (QED) is 0.891. The van der Waals surface area contributed by atoms with E-state index in [1.165, 1.54) is 12.1 Å². The molecule has 0 aliphatic heterocycles. The summed E-state index contributed by atoms with van der Waals surface area (Å²) in [7, 11) is 0. The Balaban J connectivity index is 2.22. The highest BCUT2D eigenvalue weighted by molar-refractivity contribution is 9.10. The minimum Gasteiger partial charge on any atom is -0.491 e. The van der Waals surface area contributed by atoms with Crippen LogP contribution in [0.25, 0.3) is 0 Å². The molecule has 0 saturated carbocycles. The van der Waals surface area contributed by atoms with Gasteiger partial charge in [0.2, 0.25) is 0 Å². The van der Waals surface area contributed by atoms with Gasteiger partial charge in [-0.1, -0.05) is 34.1 Å². The highest BCUT2D eigenvalue weighted by Gasteiger charge is 2.14. The van der Waals surface area contributed by atoms with Crippen molar-refractivity contribution in [2.75, 3.05) is 0 Å². The smallest absolute Gasteiger partial charge is 0.124 e. The fourth-order valence-electron chi connectivity index (χ4n) is 1.90. The molecule has 0 heterocycles. The molecular weight excluding hydrogens is 323 g/mol. The maximum Gasteiger partial charge on any atom is 0.124 e. The molecule has 1 atom stereocenters. The average molecular weight is 339 g/mol. The van der Waals surface area contributed by atoms with Crippen molar-refractivity contribution < 1.29 is 14.2 Å². The number of rotatable bonds is 4.